The second kappa shape index (κ2) is 8.03. The molecule has 0 spiro atoms. The number of nitrogens with one attached hydrogen (secondary N) is 2. The summed E-state index contributed by atoms with van der Waals surface area (Å²) < 4.78 is 1.88. The molecule has 4 aromatic rings. The van der Waals surface area contributed by atoms with Crippen molar-refractivity contribution in [3.05, 3.63) is 70.5 Å². The van der Waals surface area contributed by atoms with Crippen molar-refractivity contribution in [3.63, 3.8) is 0 Å². The standard InChI is InChI=1S/C20H20N8O2/c1-13-3-2-4-14(11-13)15-12-18-23-9-10-27(18)20(25-15)24-8-7-22-17-6-5-16(28(29)30)19(21)26-17/h2-6,9-12H,7-8H2,1H3,(H,24,25)(H3,21,22,26). The van der Waals surface area contributed by atoms with Crippen LogP contribution in [-0.4, -0.2) is 37.4 Å². The fourth-order valence-electron chi connectivity index (χ4n) is 3.09. The van der Waals surface area contributed by atoms with Gasteiger partial charge in [0.25, 0.3) is 0 Å². The van der Waals surface area contributed by atoms with E-state index >= 15 is 0 Å². The van der Waals surface area contributed by atoms with Crippen LogP contribution in [-0.2, 0) is 0 Å². The van der Waals surface area contributed by atoms with Crippen LogP contribution >= 0.6 is 0 Å². The van der Waals surface area contributed by atoms with Gasteiger partial charge in [-0.2, -0.15) is 0 Å². The Morgan fingerprint density at radius 1 is 1.13 bits per heavy atom. The summed E-state index contributed by atoms with van der Waals surface area (Å²) >= 11 is 0. The van der Waals surface area contributed by atoms with Crippen molar-refractivity contribution in [1.82, 2.24) is 19.4 Å². The number of hydrogen-bond donors (Lipinski definition) is 3. The Morgan fingerprint density at radius 3 is 2.73 bits per heavy atom. The maximum Gasteiger partial charge on any atom is 0.311 e. The molecule has 1 aromatic carbocycles. The van der Waals surface area contributed by atoms with Gasteiger partial charge >= 0.3 is 5.69 Å². The van der Waals surface area contributed by atoms with Crippen LogP contribution in [0.2, 0.25) is 0 Å². The van der Waals surface area contributed by atoms with Gasteiger partial charge < -0.3 is 16.4 Å². The van der Waals surface area contributed by atoms with Crippen molar-refractivity contribution in [2.75, 3.05) is 29.5 Å². The highest BCUT2D eigenvalue weighted by atomic mass is 16.6. The van der Waals surface area contributed by atoms with Gasteiger partial charge in [0.15, 0.2) is 0 Å². The fourth-order valence-corrected chi connectivity index (χ4v) is 3.09. The average molecular weight is 404 g/mol. The van der Waals surface area contributed by atoms with Gasteiger partial charge in [-0.1, -0.05) is 23.8 Å². The highest BCUT2D eigenvalue weighted by molar-refractivity contribution is 5.66. The first-order chi connectivity index (χ1) is 14.5. The molecule has 0 saturated carbocycles. The van der Waals surface area contributed by atoms with Crippen LogP contribution in [0, 0.1) is 17.0 Å². The van der Waals surface area contributed by atoms with Crippen LogP contribution in [0.1, 0.15) is 5.56 Å². The highest BCUT2D eigenvalue weighted by Crippen LogP contribution is 2.23. The lowest BCUT2D eigenvalue weighted by Crippen LogP contribution is -2.17. The highest BCUT2D eigenvalue weighted by Gasteiger charge is 2.13. The third-order valence-electron chi connectivity index (χ3n) is 4.52. The minimum absolute atomic E-state index is 0.120. The molecule has 0 unspecified atom stereocenters. The number of hydrogen-bond acceptors (Lipinski definition) is 8. The monoisotopic (exact) mass is 404 g/mol. The van der Waals surface area contributed by atoms with Crippen molar-refractivity contribution >= 4 is 28.9 Å². The summed E-state index contributed by atoms with van der Waals surface area (Å²) in [6.45, 7) is 3.09. The number of pyridine rings is 1. The van der Waals surface area contributed by atoms with Gasteiger partial charge in [0.1, 0.15) is 11.5 Å². The molecule has 4 rings (SSSR count). The maximum atomic E-state index is 10.8. The molecule has 30 heavy (non-hydrogen) atoms. The number of benzene rings is 1. The smallest absolute Gasteiger partial charge is 0.311 e. The van der Waals surface area contributed by atoms with Crippen LogP contribution in [0.4, 0.5) is 23.3 Å². The van der Waals surface area contributed by atoms with Gasteiger partial charge in [0.05, 0.1) is 10.6 Å². The molecule has 0 aliphatic carbocycles. The second-order valence-corrected chi connectivity index (χ2v) is 6.70. The normalized spacial score (nSPS) is 10.8. The molecule has 0 aliphatic rings. The SMILES string of the molecule is Cc1cccc(-c2cc3nccn3c(NCCNc3ccc([N+](=O)[O-])c(N)n3)n2)c1. The van der Waals surface area contributed by atoms with Crippen LogP contribution in [0.3, 0.4) is 0 Å². The minimum atomic E-state index is -0.559. The molecular formula is C20H20N8O2. The Hall–Kier alpha value is -4.21. The second-order valence-electron chi connectivity index (χ2n) is 6.70. The minimum Gasteiger partial charge on any atom is -0.378 e. The lowest BCUT2D eigenvalue weighted by molar-refractivity contribution is -0.384. The van der Waals surface area contributed by atoms with Gasteiger partial charge in [-0.05, 0) is 19.1 Å². The zero-order valence-corrected chi connectivity index (χ0v) is 16.2. The number of aromatic nitrogens is 4. The number of nitrogen functional groups attached to an aromatic ring is 1. The van der Waals surface area contributed by atoms with E-state index in [1.165, 1.54) is 12.1 Å². The van der Waals surface area contributed by atoms with Gasteiger partial charge in [0.2, 0.25) is 11.8 Å². The summed E-state index contributed by atoms with van der Waals surface area (Å²) in [6.07, 6.45) is 3.57. The summed E-state index contributed by atoms with van der Waals surface area (Å²) in [5, 5.41) is 17.2. The molecule has 0 bridgehead atoms. The number of rotatable bonds is 7. The van der Waals surface area contributed by atoms with Crippen molar-refractivity contribution in [1.29, 1.82) is 0 Å². The molecule has 0 radical (unpaired) electrons. The Kier molecular flexibility index (Phi) is 5.12. The summed E-state index contributed by atoms with van der Waals surface area (Å²) in [5.41, 5.74) is 9.22. The fraction of sp³-hybridized carbons (Fsp3) is 0.150. The van der Waals surface area contributed by atoms with Crippen molar-refractivity contribution < 1.29 is 4.92 Å². The molecule has 4 N–H and O–H groups in total. The van der Waals surface area contributed by atoms with E-state index in [0.29, 0.717) is 24.9 Å². The molecule has 0 fully saturated rings. The van der Waals surface area contributed by atoms with Gasteiger partial charge in [-0.25, -0.2) is 15.0 Å². The molecule has 0 aliphatic heterocycles. The Labute approximate surface area is 172 Å². The average Bonchev–Trinajstić information content (AvgIpc) is 3.20. The zero-order chi connectivity index (χ0) is 21.1. The predicted molar refractivity (Wildman–Crippen MR) is 115 cm³/mol. The van der Waals surface area contributed by atoms with E-state index in [-0.39, 0.29) is 11.5 Å². The number of aryl methyl sites for hydroxylation is 1. The quantitative estimate of drug-likeness (QED) is 0.243. The van der Waals surface area contributed by atoms with E-state index in [4.69, 9.17) is 10.7 Å². The molecule has 3 heterocycles. The van der Waals surface area contributed by atoms with Crippen LogP contribution in [0.15, 0.2) is 54.9 Å². The lowest BCUT2D eigenvalue weighted by Gasteiger charge is -2.12. The molecular weight excluding hydrogens is 384 g/mol. The first kappa shape index (κ1) is 19.1. The number of anilines is 3. The maximum absolute atomic E-state index is 10.8. The number of fused-ring (bicyclic) bond motifs is 1. The van der Waals surface area contributed by atoms with Gasteiger partial charge in [-0.3, -0.25) is 14.5 Å². The van der Waals surface area contributed by atoms with Crippen LogP contribution < -0.4 is 16.4 Å². The Morgan fingerprint density at radius 2 is 1.97 bits per heavy atom. The summed E-state index contributed by atoms with van der Waals surface area (Å²) in [6, 6.07) is 13.0. The molecule has 0 saturated heterocycles. The third kappa shape index (κ3) is 3.97. The van der Waals surface area contributed by atoms with E-state index in [2.05, 4.69) is 26.7 Å². The number of imidazole rings is 1. The number of nitrogens with zero attached hydrogens (tertiary/aromatic N) is 5. The Balaban J connectivity index is 1.47. The van der Waals surface area contributed by atoms with Gasteiger partial charge in [0, 0.05) is 43.2 Å². The van der Waals surface area contributed by atoms with Crippen LogP contribution in [0.5, 0.6) is 0 Å². The van der Waals surface area contributed by atoms with E-state index in [0.717, 1.165) is 22.5 Å². The summed E-state index contributed by atoms with van der Waals surface area (Å²) in [5.74, 6) is 1.01. The number of nitro groups is 1. The Bertz CT molecular complexity index is 1220. The molecule has 10 nitrogen and oxygen atoms in total. The van der Waals surface area contributed by atoms with E-state index < -0.39 is 4.92 Å². The topological polar surface area (TPSA) is 136 Å². The summed E-state index contributed by atoms with van der Waals surface area (Å²) in [4.78, 5) is 23.4. The molecule has 0 atom stereocenters. The molecule has 152 valence electrons. The third-order valence-corrected chi connectivity index (χ3v) is 4.52. The molecule has 10 heteroatoms. The van der Waals surface area contributed by atoms with Crippen molar-refractivity contribution in [2.24, 2.45) is 0 Å². The lowest BCUT2D eigenvalue weighted by atomic mass is 10.1. The first-order valence-electron chi connectivity index (χ1n) is 9.31. The van der Waals surface area contributed by atoms with E-state index in [1.807, 2.05) is 41.8 Å². The van der Waals surface area contributed by atoms with Crippen LogP contribution in [0.25, 0.3) is 16.9 Å². The predicted octanol–water partition coefficient (Wildman–Crippen LogP) is 3.11. The largest absolute Gasteiger partial charge is 0.378 e. The number of nitrogens with two attached hydrogens (primary N) is 1. The van der Waals surface area contributed by atoms with Gasteiger partial charge in [-0.15, -0.1) is 0 Å². The van der Waals surface area contributed by atoms with Crippen molar-refractivity contribution in [2.45, 2.75) is 6.92 Å². The first-order valence-corrected chi connectivity index (χ1v) is 9.31. The van der Waals surface area contributed by atoms with E-state index in [1.54, 1.807) is 6.20 Å². The summed E-state index contributed by atoms with van der Waals surface area (Å²) in [7, 11) is 0. The molecule has 0 amide bonds. The zero-order valence-electron chi connectivity index (χ0n) is 16.2. The van der Waals surface area contributed by atoms with E-state index in [9.17, 15) is 10.1 Å². The molecule has 3 aromatic heterocycles. The van der Waals surface area contributed by atoms with Crippen molar-refractivity contribution in [3.8, 4) is 11.3 Å².